The number of aromatic nitrogens is 1. The van der Waals surface area contributed by atoms with E-state index in [9.17, 15) is 18.7 Å². The van der Waals surface area contributed by atoms with Crippen LogP contribution in [0.4, 0.5) is 19.3 Å². The molecule has 0 aliphatic carbocycles. The number of anilines is 1. The van der Waals surface area contributed by atoms with Crippen LogP contribution in [0.3, 0.4) is 0 Å². The molecule has 5 nitrogen and oxygen atoms in total. The van der Waals surface area contributed by atoms with Crippen LogP contribution in [0.15, 0.2) is 42.7 Å². The Morgan fingerprint density at radius 1 is 1.32 bits per heavy atom. The summed E-state index contributed by atoms with van der Waals surface area (Å²) in [7, 11) is 0. The average molecular weight is 347 g/mol. The lowest BCUT2D eigenvalue weighted by molar-refractivity contribution is 0.129. The Morgan fingerprint density at radius 2 is 2.08 bits per heavy atom. The molecule has 1 aromatic heterocycles. The van der Waals surface area contributed by atoms with Gasteiger partial charge in [-0.25, -0.2) is 13.6 Å². The molecule has 1 saturated heterocycles. The first-order chi connectivity index (χ1) is 12.0. The summed E-state index contributed by atoms with van der Waals surface area (Å²) >= 11 is 0. The van der Waals surface area contributed by atoms with E-state index in [0.717, 1.165) is 19.0 Å². The van der Waals surface area contributed by atoms with Crippen molar-refractivity contribution < 1.29 is 18.7 Å². The zero-order valence-corrected chi connectivity index (χ0v) is 13.5. The largest absolute Gasteiger partial charge is 0.388 e. The zero-order chi connectivity index (χ0) is 17.8. The molecule has 25 heavy (non-hydrogen) atoms. The summed E-state index contributed by atoms with van der Waals surface area (Å²) in [4.78, 5) is 17.7. The molecule has 0 radical (unpaired) electrons. The smallest absolute Gasteiger partial charge is 0.322 e. The van der Waals surface area contributed by atoms with Crippen molar-refractivity contribution >= 4 is 11.7 Å². The van der Waals surface area contributed by atoms with E-state index in [4.69, 9.17) is 0 Å². The molecule has 0 bridgehead atoms. The third kappa shape index (κ3) is 4.11. The number of hydrogen-bond acceptors (Lipinski definition) is 3. The number of hydrogen-bond donors (Lipinski definition) is 2. The fourth-order valence-corrected chi connectivity index (χ4v) is 3.09. The van der Waals surface area contributed by atoms with Gasteiger partial charge >= 0.3 is 6.03 Å². The fourth-order valence-electron chi connectivity index (χ4n) is 3.09. The van der Waals surface area contributed by atoms with Crippen molar-refractivity contribution in [2.24, 2.45) is 0 Å². The van der Waals surface area contributed by atoms with Crippen LogP contribution in [0, 0.1) is 11.6 Å². The lowest BCUT2D eigenvalue weighted by atomic mass is 10.0. The maximum absolute atomic E-state index is 13.6. The van der Waals surface area contributed by atoms with Crippen molar-refractivity contribution in [2.75, 3.05) is 11.9 Å². The summed E-state index contributed by atoms with van der Waals surface area (Å²) in [5.74, 6) is -0.963. The van der Waals surface area contributed by atoms with Gasteiger partial charge in [-0.05, 0) is 43.0 Å². The van der Waals surface area contributed by atoms with Gasteiger partial charge in [0.2, 0.25) is 0 Å². The Bertz CT molecular complexity index is 739. The first kappa shape index (κ1) is 17.3. The van der Waals surface area contributed by atoms with Crippen LogP contribution in [0.2, 0.25) is 0 Å². The number of amides is 2. The summed E-state index contributed by atoms with van der Waals surface area (Å²) in [5.41, 5.74) is 0.679. The molecule has 0 saturated carbocycles. The summed E-state index contributed by atoms with van der Waals surface area (Å²) in [5, 5.41) is 12.9. The van der Waals surface area contributed by atoms with Gasteiger partial charge in [0.1, 0.15) is 5.82 Å². The highest BCUT2D eigenvalue weighted by molar-refractivity contribution is 5.89. The van der Waals surface area contributed by atoms with Crippen molar-refractivity contribution in [3.8, 4) is 0 Å². The van der Waals surface area contributed by atoms with Gasteiger partial charge in [-0.2, -0.15) is 0 Å². The van der Waals surface area contributed by atoms with Crippen LogP contribution in [0.5, 0.6) is 0 Å². The topological polar surface area (TPSA) is 65.5 Å². The molecule has 3 rings (SSSR count). The van der Waals surface area contributed by atoms with Crippen LogP contribution < -0.4 is 5.32 Å². The van der Waals surface area contributed by atoms with Crippen molar-refractivity contribution in [1.29, 1.82) is 0 Å². The third-order valence-electron chi connectivity index (χ3n) is 4.40. The molecule has 2 amide bonds. The Kier molecular flexibility index (Phi) is 5.23. The van der Waals surface area contributed by atoms with Gasteiger partial charge in [0.15, 0.2) is 5.82 Å². The summed E-state index contributed by atoms with van der Waals surface area (Å²) in [6, 6.07) is 6.49. The quantitative estimate of drug-likeness (QED) is 0.890. The normalized spacial score (nSPS) is 18.2. The predicted molar refractivity (Wildman–Crippen MR) is 88.9 cm³/mol. The number of pyridine rings is 1. The van der Waals surface area contributed by atoms with Gasteiger partial charge in [0, 0.05) is 18.8 Å². The molecule has 0 spiro atoms. The molecular weight excluding hydrogens is 328 g/mol. The van der Waals surface area contributed by atoms with Crippen molar-refractivity contribution in [1.82, 2.24) is 9.88 Å². The molecule has 2 N–H and O–H groups in total. The molecule has 7 heteroatoms. The maximum Gasteiger partial charge on any atom is 0.322 e. The molecular formula is C18H19F2N3O2. The van der Waals surface area contributed by atoms with E-state index in [2.05, 4.69) is 10.3 Å². The Hall–Kier alpha value is -2.54. The number of rotatable bonds is 4. The zero-order valence-electron chi connectivity index (χ0n) is 13.5. The minimum atomic E-state index is -0.795. The standard InChI is InChI=1S/C18H19F2N3O2/c19-13-5-3-12(4-6-13)17(24)10-14-2-1-9-23(14)18(25)22-16-7-8-21-11-15(16)20/h3-8,11,14,17,24H,1-2,9-10H2,(H,21,22,25)/t14-,17-/m1/s1. The molecule has 1 aromatic carbocycles. The first-order valence-corrected chi connectivity index (χ1v) is 8.15. The third-order valence-corrected chi connectivity index (χ3v) is 4.40. The number of aliphatic hydroxyl groups excluding tert-OH is 1. The molecule has 1 aliphatic heterocycles. The van der Waals surface area contributed by atoms with E-state index in [1.807, 2.05) is 0 Å². The van der Waals surface area contributed by atoms with Crippen LogP contribution >= 0.6 is 0 Å². The molecule has 0 unspecified atom stereocenters. The lowest BCUT2D eigenvalue weighted by Gasteiger charge is -2.27. The molecule has 2 aromatic rings. The number of likely N-dealkylation sites (tertiary alicyclic amines) is 1. The highest BCUT2D eigenvalue weighted by Gasteiger charge is 2.31. The first-order valence-electron chi connectivity index (χ1n) is 8.15. The van der Waals surface area contributed by atoms with Gasteiger partial charge < -0.3 is 15.3 Å². The van der Waals surface area contributed by atoms with Gasteiger partial charge in [0.05, 0.1) is 18.0 Å². The number of urea groups is 1. The predicted octanol–water partition coefficient (Wildman–Crippen LogP) is 3.48. The maximum atomic E-state index is 13.6. The molecule has 1 aliphatic rings. The lowest BCUT2D eigenvalue weighted by Crippen LogP contribution is -2.39. The van der Waals surface area contributed by atoms with Gasteiger partial charge in [0.25, 0.3) is 0 Å². The van der Waals surface area contributed by atoms with E-state index < -0.39 is 18.0 Å². The van der Waals surface area contributed by atoms with Crippen LogP contribution in [0.1, 0.15) is 30.9 Å². The highest BCUT2D eigenvalue weighted by atomic mass is 19.1. The summed E-state index contributed by atoms with van der Waals surface area (Å²) < 4.78 is 26.6. The van der Waals surface area contributed by atoms with Crippen LogP contribution in [-0.2, 0) is 0 Å². The summed E-state index contributed by atoms with van der Waals surface area (Å²) in [6.07, 6.45) is 3.56. The SMILES string of the molecule is O=C(Nc1ccncc1F)N1CCC[C@@H]1C[C@@H](O)c1ccc(F)cc1. The minimum Gasteiger partial charge on any atom is -0.388 e. The molecule has 132 valence electrons. The van der Waals surface area contributed by atoms with E-state index in [1.165, 1.54) is 36.5 Å². The Morgan fingerprint density at radius 3 is 2.80 bits per heavy atom. The fraction of sp³-hybridized carbons (Fsp3) is 0.333. The second kappa shape index (κ2) is 7.57. The van der Waals surface area contributed by atoms with E-state index in [1.54, 1.807) is 4.90 Å². The van der Waals surface area contributed by atoms with E-state index in [-0.39, 0.29) is 17.5 Å². The van der Waals surface area contributed by atoms with Crippen molar-refractivity contribution in [3.63, 3.8) is 0 Å². The monoisotopic (exact) mass is 347 g/mol. The second-order valence-electron chi connectivity index (χ2n) is 6.08. The average Bonchev–Trinajstić information content (AvgIpc) is 3.05. The molecule has 1 fully saturated rings. The Balaban J connectivity index is 1.64. The van der Waals surface area contributed by atoms with Crippen molar-refractivity contribution in [3.05, 3.63) is 59.9 Å². The Labute approximate surface area is 144 Å². The van der Waals surface area contributed by atoms with E-state index in [0.29, 0.717) is 18.5 Å². The van der Waals surface area contributed by atoms with Crippen LogP contribution in [0.25, 0.3) is 0 Å². The molecule has 2 atom stereocenters. The highest BCUT2D eigenvalue weighted by Crippen LogP contribution is 2.28. The van der Waals surface area contributed by atoms with E-state index >= 15 is 0 Å². The number of aliphatic hydroxyl groups is 1. The van der Waals surface area contributed by atoms with Gasteiger partial charge in [-0.1, -0.05) is 12.1 Å². The van der Waals surface area contributed by atoms with Gasteiger partial charge in [-0.3, -0.25) is 4.98 Å². The molecule has 2 heterocycles. The van der Waals surface area contributed by atoms with Crippen LogP contribution in [-0.4, -0.2) is 33.6 Å². The summed E-state index contributed by atoms with van der Waals surface area (Å²) in [6.45, 7) is 0.541. The number of benzene rings is 1. The van der Waals surface area contributed by atoms with Gasteiger partial charge in [-0.15, -0.1) is 0 Å². The number of carbonyl (C=O) groups is 1. The van der Waals surface area contributed by atoms with Crippen molar-refractivity contribution in [2.45, 2.75) is 31.4 Å². The number of nitrogens with zero attached hydrogens (tertiary/aromatic N) is 2. The second-order valence-corrected chi connectivity index (χ2v) is 6.08. The number of nitrogens with one attached hydrogen (secondary N) is 1. The minimum absolute atomic E-state index is 0.0738. The number of halogens is 2. The number of carbonyl (C=O) groups excluding carboxylic acids is 1.